The van der Waals surface area contributed by atoms with E-state index in [9.17, 15) is 4.79 Å². The van der Waals surface area contributed by atoms with E-state index in [0.29, 0.717) is 17.2 Å². The number of hydrogen-bond acceptors (Lipinski definition) is 5. The van der Waals surface area contributed by atoms with Crippen molar-refractivity contribution in [3.8, 4) is 23.1 Å². The molecule has 3 aromatic rings. The van der Waals surface area contributed by atoms with Crippen molar-refractivity contribution in [3.05, 3.63) is 65.0 Å². The van der Waals surface area contributed by atoms with Crippen LogP contribution < -0.4 is 15.4 Å². The molecule has 136 valence electrons. The number of hydrogen-bond donors (Lipinski definition) is 2. The second kappa shape index (κ2) is 8.83. The third-order valence-corrected chi connectivity index (χ3v) is 4.65. The van der Waals surface area contributed by atoms with Gasteiger partial charge in [0.05, 0.1) is 24.4 Å². The van der Waals surface area contributed by atoms with Crippen molar-refractivity contribution in [1.82, 2.24) is 10.3 Å². The van der Waals surface area contributed by atoms with Gasteiger partial charge in [0.1, 0.15) is 5.75 Å². The topological polar surface area (TPSA) is 87.0 Å². The van der Waals surface area contributed by atoms with Crippen molar-refractivity contribution in [3.63, 3.8) is 0 Å². The molecular formula is C20H18N4O2S. The van der Waals surface area contributed by atoms with E-state index in [1.807, 2.05) is 41.8 Å². The molecule has 1 heterocycles. The van der Waals surface area contributed by atoms with Crippen LogP contribution in [0.15, 0.2) is 53.9 Å². The van der Waals surface area contributed by atoms with Crippen LogP contribution in [0, 0.1) is 11.3 Å². The number of aromatic nitrogens is 1. The van der Waals surface area contributed by atoms with E-state index in [4.69, 9.17) is 10.00 Å². The number of nitrogens with zero attached hydrogens (tertiary/aromatic N) is 2. The number of nitriles is 1. The Morgan fingerprint density at radius 1 is 1.19 bits per heavy atom. The summed E-state index contributed by atoms with van der Waals surface area (Å²) < 4.78 is 5.12. The quantitative estimate of drug-likeness (QED) is 0.677. The Balaban J connectivity index is 1.49. The molecule has 0 fully saturated rings. The van der Waals surface area contributed by atoms with Gasteiger partial charge < -0.3 is 10.1 Å². The highest BCUT2D eigenvalue weighted by atomic mass is 32.1. The molecule has 1 aromatic heterocycles. The largest absolute Gasteiger partial charge is 0.497 e. The molecule has 3 rings (SSSR count). The number of amides is 2. The predicted octanol–water partition coefficient (Wildman–Crippen LogP) is 4.05. The third kappa shape index (κ3) is 5.06. The zero-order chi connectivity index (χ0) is 19.1. The summed E-state index contributed by atoms with van der Waals surface area (Å²) >= 11 is 1.35. The van der Waals surface area contributed by atoms with E-state index in [1.54, 1.807) is 19.2 Å². The average Bonchev–Trinajstić information content (AvgIpc) is 3.17. The van der Waals surface area contributed by atoms with Gasteiger partial charge >= 0.3 is 6.03 Å². The number of anilines is 1. The van der Waals surface area contributed by atoms with Gasteiger partial charge in [0.15, 0.2) is 5.13 Å². The van der Waals surface area contributed by atoms with E-state index in [-0.39, 0.29) is 6.03 Å². The highest BCUT2D eigenvalue weighted by Crippen LogP contribution is 2.25. The first-order valence-electron chi connectivity index (χ1n) is 8.32. The van der Waals surface area contributed by atoms with Crippen LogP contribution >= 0.6 is 11.3 Å². The minimum absolute atomic E-state index is 0.288. The molecule has 6 nitrogen and oxygen atoms in total. The maximum atomic E-state index is 12.0. The standard InChI is InChI=1S/C20H18N4O2S/c1-26-17-8-4-14(5-9-17)10-11-22-19(25)24-20-23-18(13-27-20)16-6-2-15(12-21)3-7-16/h2-9,13H,10-11H2,1H3,(H2,22,23,24,25). The van der Waals surface area contributed by atoms with Crippen molar-refractivity contribution < 1.29 is 9.53 Å². The molecule has 27 heavy (non-hydrogen) atoms. The van der Waals surface area contributed by atoms with Gasteiger partial charge in [0, 0.05) is 17.5 Å². The second-order valence-electron chi connectivity index (χ2n) is 5.71. The zero-order valence-corrected chi connectivity index (χ0v) is 15.5. The zero-order valence-electron chi connectivity index (χ0n) is 14.7. The van der Waals surface area contributed by atoms with Crippen LogP contribution in [0.3, 0.4) is 0 Å². The maximum absolute atomic E-state index is 12.0. The van der Waals surface area contributed by atoms with Crippen molar-refractivity contribution in [2.45, 2.75) is 6.42 Å². The van der Waals surface area contributed by atoms with Gasteiger partial charge in [-0.3, -0.25) is 5.32 Å². The Morgan fingerprint density at radius 3 is 2.59 bits per heavy atom. The van der Waals surface area contributed by atoms with E-state index < -0.39 is 0 Å². The second-order valence-corrected chi connectivity index (χ2v) is 6.56. The van der Waals surface area contributed by atoms with Crippen LogP contribution in [0.4, 0.5) is 9.93 Å². The van der Waals surface area contributed by atoms with Crippen molar-refractivity contribution in [1.29, 1.82) is 5.26 Å². The van der Waals surface area contributed by atoms with Crippen molar-refractivity contribution >= 4 is 22.5 Å². The lowest BCUT2D eigenvalue weighted by molar-refractivity contribution is 0.252. The van der Waals surface area contributed by atoms with Crippen LogP contribution in [0.25, 0.3) is 11.3 Å². The van der Waals surface area contributed by atoms with Crippen LogP contribution in [-0.4, -0.2) is 24.7 Å². The minimum atomic E-state index is -0.288. The maximum Gasteiger partial charge on any atom is 0.321 e. The van der Waals surface area contributed by atoms with Gasteiger partial charge in [-0.1, -0.05) is 24.3 Å². The Hall–Kier alpha value is -3.37. The lowest BCUT2D eigenvalue weighted by atomic mass is 10.1. The molecule has 0 unspecified atom stereocenters. The summed E-state index contributed by atoms with van der Waals surface area (Å²) in [6.07, 6.45) is 0.728. The molecule has 0 saturated heterocycles. The van der Waals surface area contributed by atoms with Gasteiger partial charge in [-0.2, -0.15) is 5.26 Å². The number of methoxy groups -OCH3 is 1. The fourth-order valence-electron chi connectivity index (χ4n) is 2.43. The average molecular weight is 378 g/mol. The van der Waals surface area contributed by atoms with Gasteiger partial charge in [-0.05, 0) is 36.2 Å². The SMILES string of the molecule is COc1ccc(CCNC(=O)Nc2nc(-c3ccc(C#N)cc3)cs2)cc1. The summed E-state index contributed by atoms with van der Waals surface area (Å²) in [6, 6.07) is 16.7. The van der Waals surface area contributed by atoms with Gasteiger partial charge in [-0.25, -0.2) is 9.78 Å². The van der Waals surface area contributed by atoms with Crippen LogP contribution in [0.1, 0.15) is 11.1 Å². The molecule has 0 saturated carbocycles. The Labute approximate surface area is 161 Å². The predicted molar refractivity (Wildman–Crippen MR) is 106 cm³/mol. The number of rotatable bonds is 6. The fraction of sp³-hybridized carbons (Fsp3) is 0.150. The fourth-order valence-corrected chi connectivity index (χ4v) is 3.15. The summed E-state index contributed by atoms with van der Waals surface area (Å²) in [5, 5.41) is 16.8. The molecule has 2 amide bonds. The molecule has 0 radical (unpaired) electrons. The van der Waals surface area contributed by atoms with Crippen LogP contribution in [0.5, 0.6) is 5.75 Å². The van der Waals surface area contributed by atoms with Crippen LogP contribution in [0.2, 0.25) is 0 Å². The monoisotopic (exact) mass is 378 g/mol. The van der Waals surface area contributed by atoms with Gasteiger partial charge in [-0.15, -0.1) is 11.3 Å². The molecule has 0 spiro atoms. The third-order valence-electron chi connectivity index (χ3n) is 3.89. The van der Waals surface area contributed by atoms with Crippen LogP contribution in [-0.2, 0) is 6.42 Å². The first-order valence-corrected chi connectivity index (χ1v) is 9.20. The molecule has 0 bridgehead atoms. The number of carbonyl (C=O) groups excluding carboxylic acids is 1. The number of nitrogens with one attached hydrogen (secondary N) is 2. The Kier molecular flexibility index (Phi) is 6.02. The summed E-state index contributed by atoms with van der Waals surface area (Å²) in [7, 11) is 1.63. The highest BCUT2D eigenvalue weighted by Gasteiger charge is 2.08. The molecule has 0 atom stereocenters. The van der Waals surface area contributed by atoms with E-state index in [0.717, 1.165) is 29.0 Å². The van der Waals surface area contributed by atoms with E-state index in [2.05, 4.69) is 21.7 Å². The first-order chi connectivity index (χ1) is 13.2. The smallest absolute Gasteiger partial charge is 0.321 e. The summed E-state index contributed by atoms with van der Waals surface area (Å²) in [4.78, 5) is 16.4. The Bertz CT molecular complexity index is 943. The van der Waals surface area contributed by atoms with Gasteiger partial charge in [0.25, 0.3) is 0 Å². The number of thiazole rings is 1. The number of ether oxygens (including phenoxy) is 1. The summed E-state index contributed by atoms with van der Waals surface area (Å²) in [6.45, 7) is 0.520. The first kappa shape index (κ1) is 18.4. The van der Waals surface area contributed by atoms with E-state index >= 15 is 0 Å². The summed E-state index contributed by atoms with van der Waals surface area (Å²) in [5.41, 5.74) is 3.38. The molecular weight excluding hydrogens is 360 g/mol. The summed E-state index contributed by atoms with van der Waals surface area (Å²) in [5.74, 6) is 0.811. The molecule has 0 aliphatic carbocycles. The minimum Gasteiger partial charge on any atom is -0.497 e. The highest BCUT2D eigenvalue weighted by molar-refractivity contribution is 7.14. The lowest BCUT2D eigenvalue weighted by Crippen LogP contribution is -2.30. The number of benzene rings is 2. The molecule has 7 heteroatoms. The van der Waals surface area contributed by atoms with Crippen molar-refractivity contribution in [2.75, 3.05) is 19.0 Å². The molecule has 2 N–H and O–H groups in total. The number of carbonyl (C=O) groups is 1. The number of urea groups is 1. The molecule has 2 aromatic carbocycles. The van der Waals surface area contributed by atoms with E-state index in [1.165, 1.54) is 11.3 Å². The normalized spacial score (nSPS) is 10.1. The van der Waals surface area contributed by atoms with Gasteiger partial charge in [0.2, 0.25) is 0 Å². The molecule has 0 aliphatic heterocycles. The lowest BCUT2D eigenvalue weighted by Gasteiger charge is -2.06. The van der Waals surface area contributed by atoms with Crippen molar-refractivity contribution in [2.24, 2.45) is 0 Å². The molecule has 0 aliphatic rings. The Morgan fingerprint density at radius 2 is 1.93 bits per heavy atom.